The second kappa shape index (κ2) is 8.95. The maximum Gasteiger partial charge on any atom is 0.140 e. The van der Waals surface area contributed by atoms with E-state index in [1.165, 1.54) is 6.07 Å². The molecule has 0 saturated carbocycles. The van der Waals surface area contributed by atoms with Crippen molar-refractivity contribution in [3.63, 3.8) is 0 Å². The quantitative estimate of drug-likeness (QED) is 0.437. The Morgan fingerprint density at radius 1 is 1.06 bits per heavy atom. The number of benzene rings is 3. The van der Waals surface area contributed by atoms with Crippen molar-refractivity contribution in [1.29, 1.82) is 5.26 Å². The van der Waals surface area contributed by atoms with Crippen LogP contribution in [0.3, 0.4) is 0 Å². The smallest absolute Gasteiger partial charge is 0.140 e. The largest absolute Gasteiger partial charge is 0.497 e. The lowest BCUT2D eigenvalue weighted by atomic mass is 10.00. The number of fused-ring (bicyclic) bond motifs is 1. The van der Waals surface area contributed by atoms with Crippen LogP contribution in [0.2, 0.25) is 0 Å². The minimum absolute atomic E-state index is 0.0120. The standard InChI is InChI=1S/C26H22FN3O/c1-17(29-16-18-6-5-8-22(12-18)31-2)25-14-19-7-3-4-9-23(19)26(30-25)20-10-11-24(27)21(13-20)15-28/h3-14,17,29H,16H2,1-2H3. The highest BCUT2D eigenvalue weighted by molar-refractivity contribution is 5.95. The van der Waals surface area contributed by atoms with Gasteiger partial charge in [0.05, 0.1) is 24.1 Å². The number of nitrogens with zero attached hydrogens (tertiary/aromatic N) is 2. The van der Waals surface area contributed by atoms with Gasteiger partial charge >= 0.3 is 0 Å². The molecule has 1 aromatic heterocycles. The number of pyridine rings is 1. The first-order chi connectivity index (χ1) is 15.1. The van der Waals surface area contributed by atoms with Gasteiger partial charge in [-0.3, -0.25) is 4.98 Å². The Morgan fingerprint density at radius 2 is 1.90 bits per heavy atom. The van der Waals surface area contributed by atoms with Crippen LogP contribution in [-0.4, -0.2) is 12.1 Å². The molecule has 4 nitrogen and oxygen atoms in total. The minimum atomic E-state index is -0.528. The number of methoxy groups -OCH3 is 1. The predicted octanol–water partition coefficient (Wildman–Crippen LogP) is 5.77. The van der Waals surface area contributed by atoms with Gasteiger partial charge in [-0.25, -0.2) is 4.39 Å². The molecule has 4 aromatic rings. The Bertz CT molecular complexity index is 1280. The number of hydrogen-bond acceptors (Lipinski definition) is 4. The van der Waals surface area contributed by atoms with E-state index < -0.39 is 5.82 Å². The highest BCUT2D eigenvalue weighted by Gasteiger charge is 2.14. The van der Waals surface area contributed by atoms with Crippen molar-refractivity contribution in [2.45, 2.75) is 19.5 Å². The molecule has 1 N–H and O–H groups in total. The molecule has 1 heterocycles. The zero-order chi connectivity index (χ0) is 21.8. The fraction of sp³-hybridized carbons (Fsp3) is 0.154. The van der Waals surface area contributed by atoms with Gasteiger partial charge in [-0.1, -0.05) is 36.4 Å². The summed E-state index contributed by atoms with van der Waals surface area (Å²) in [4.78, 5) is 4.90. The molecule has 0 spiro atoms. The third kappa shape index (κ3) is 4.40. The molecule has 3 aromatic carbocycles. The first-order valence-corrected chi connectivity index (χ1v) is 10.0. The molecule has 0 radical (unpaired) electrons. The second-order valence-electron chi connectivity index (χ2n) is 7.38. The van der Waals surface area contributed by atoms with Crippen LogP contribution in [0.5, 0.6) is 5.75 Å². The van der Waals surface area contributed by atoms with E-state index in [0.29, 0.717) is 6.54 Å². The van der Waals surface area contributed by atoms with Gasteiger partial charge in [0.15, 0.2) is 0 Å². The van der Waals surface area contributed by atoms with Gasteiger partial charge in [0.25, 0.3) is 0 Å². The molecule has 0 aliphatic carbocycles. The Kier molecular flexibility index (Phi) is 5.92. The molecule has 1 atom stereocenters. The fourth-order valence-corrected chi connectivity index (χ4v) is 3.58. The highest BCUT2D eigenvalue weighted by Crippen LogP contribution is 2.30. The van der Waals surface area contributed by atoms with E-state index in [1.807, 2.05) is 54.6 Å². The van der Waals surface area contributed by atoms with Gasteiger partial charge in [0, 0.05) is 23.5 Å². The number of aromatic nitrogens is 1. The van der Waals surface area contributed by atoms with E-state index in [0.717, 1.165) is 39.0 Å². The fourth-order valence-electron chi connectivity index (χ4n) is 3.58. The van der Waals surface area contributed by atoms with Crippen molar-refractivity contribution in [2.75, 3.05) is 7.11 Å². The first kappa shape index (κ1) is 20.5. The second-order valence-corrected chi connectivity index (χ2v) is 7.38. The van der Waals surface area contributed by atoms with Gasteiger partial charge in [-0.15, -0.1) is 0 Å². The topological polar surface area (TPSA) is 57.9 Å². The van der Waals surface area contributed by atoms with Gasteiger partial charge in [-0.05, 0) is 54.3 Å². The van der Waals surface area contributed by atoms with Crippen LogP contribution in [-0.2, 0) is 6.54 Å². The van der Waals surface area contributed by atoms with Crippen molar-refractivity contribution >= 4 is 10.8 Å². The first-order valence-electron chi connectivity index (χ1n) is 10.0. The number of ether oxygens (including phenoxy) is 1. The van der Waals surface area contributed by atoms with Crippen LogP contribution in [0, 0.1) is 17.1 Å². The lowest BCUT2D eigenvalue weighted by Gasteiger charge is -2.17. The molecule has 0 saturated heterocycles. The van der Waals surface area contributed by atoms with Crippen molar-refractivity contribution < 1.29 is 9.13 Å². The Labute approximate surface area is 180 Å². The summed E-state index contributed by atoms with van der Waals surface area (Å²) >= 11 is 0. The lowest BCUT2D eigenvalue weighted by Crippen LogP contribution is -2.19. The highest BCUT2D eigenvalue weighted by atomic mass is 19.1. The molecule has 154 valence electrons. The van der Waals surface area contributed by atoms with Gasteiger partial charge in [-0.2, -0.15) is 5.26 Å². The third-order valence-electron chi connectivity index (χ3n) is 5.31. The van der Waals surface area contributed by atoms with E-state index >= 15 is 0 Å². The summed E-state index contributed by atoms with van der Waals surface area (Å²) in [7, 11) is 1.66. The average Bonchev–Trinajstić information content (AvgIpc) is 2.82. The van der Waals surface area contributed by atoms with E-state index in [2.05, 4.69) is 18.3 Å². The van der Waals surface area contributed by atoms with Crippen LogP contribution in [0.25, 0.3) is 22.0 Å². The van der Waals surface area contributed by atoms with Crippen LogP contribution >= 0.6 is 0 Å². The van der Waals surface area contributed by atoms with Gasteiger partial charge < -0.3 is 10.1 Å². The van der Waals surface area contributed by atoms with Gasteiger partial charge in [0.1, 0.15) is 17.6 Å². The van der Waals surface area contributed by atoms with Crippen molar-refractivity contribution in [3.8, 4) is 23.1 Å². The Balaban J connectivity index is 1.69. The molecular formula is C26H22FN3O. The molecule has 0 bridgehead atoms. The van der Waals surface area contributed by atoms with Crippen LogP contribution in [0.15, 0.2) is 72.8 Å². The summed E-state index contributed by atoms with van der Waals surface area (Å²) in [6, 6.07) is 24.4. The molecule has 0 amide bonds. The third-order valence-corrected chi connectivity index (χ3v) is 5.31. The van der Waals surface area contributed by atoms with Crippen LogP contribution < -0.4 is 10.1 Å². The van der Waals surface area contributed by atoms with Crippen molar-refractivity contribution in [2.24, 2.45) is 0 Å². The van der Waals surface area contributed by atoms with E-state index in [4.69, 9.17) is 9.72 Å². The van der Waals surface area contributed by atoms with Crippen molar-refractivity contribution in [3.05, 3.63) is 95.4 Å². The minimum Gasteiger partial charge on any atom is -0.497 e. The maximum atomic E-state index is 13.9. The van der Waals surface area contributed by atoms with E-state index in [9.17, 15) is 9.65 Å². The van der Waals surface area contributed by atoms with Crippen molar-refractivity contribution in [1.82, 2.24) is 10.3 Å². The number of halogens is 1. The average molecular weight is 411 g/mol. The van der Waals surface area contributed by atoms with Crippen LogP contribution in [0.1, 0.15) is 29.8 Å². The van der Waals surface area contributed by atoms with Crippen LogP contribution in [0.4, 0.5) is 4.39 Å². The summed E-state index contributed by atoms with van der Waals surface area (Å²) in [5.74, 6) is 0.294. The summed E-state index contributed by atoms with van der Waals surface area (Å²) < 4.78 is 19.2. The maximum absolute atomic E-state index is 13.9. The predicted molar refractivity (Wildman–Crippen MR) is 120 cm³/mol. The molecule has 31 heavy (non-hydrogen) atoms. The number of hydrogen-bond donors (Lipinski definition) is 1. The SMILES string of the molecule is COc1cccc(CNC(C)c2cc3ccccc3c(-c3ccc(F)c(C#N)c3)n2)c1. The zero-order valence-corrected chi connectivity index (χ0v) is 17.4. The van der Waals surface area contributed by atoms with E-state index in [1.54, 1.807) is 19.2 Å². The zero-order valence-electron chi connectivity index (χ0n) is 17.4. The molecule has 0 aliphatic rings. The molecular weight excluding hydrogens is 389 g/mol. The number of rotatable bonds is 6. The summed E-state index contributed by atoms with van der Waals surface area (Å²) in [6.07, 6.45) is 0. The molecule has 4 rings (SSSR count). The van der Waals surface area contributed by atoms with E-state index in [-0.39, 0.29) is 11.6 Å². The molecule has 0 aliphatic heterocycles. The number of nitrogens with one attached hydrogen (secondary N) is 1. The monoisotopic (exact) mass is 411 g/mol. The van der Waals surface area contributed by atoms with Gasteiger partial charge in [0.2, 0.25) is 0 Å². The Hall–Kier alpha value is -3.75. The molecule has 5 heteroatoms. The summed E-state index contributed by atoms with van der Waals surface area (Å²) in [5, 5.41) is 14.7. The summed E-state index contributed by atoms with van der Waals surface area (Å²) in [5.41, 5.74) is 3.46. The molecule has 1 unspecified atom stereocenters. The lowest BCUT2D eigenvalue weighted by molar-refractivity contribution is 0.414. The number of nitriles is 1. The summed E-state index contributed by atoms with van der Waals surface area (Å²) in [6.45, 7) is 2.73. The molecule has 0 fully saturated rings. The Morgan fingerprint density at radius 3 is 2.71 bits per heavy atom. The normalized spacial score (nSPS) is 11.8.